The number of amides is 1. The van der Waals surface area contributed by atoms with E-state index in [-0.39, 0.29) is 11.7 Å². The Kier molecular flexibility index (Phi) is 3.22. The Labute approximate surface area is 114 Å². The van der Waals surface area contributed by atoms with Crippen molar-refractivity contribution in [2.75, 3.05) is 7.05 Å². The van der Waals surface area contributed by atoms with E-state index in [1.165, 1.54) is 7.05 Å². The summed E-state index contributed by atoms with van der Waals surface area (Å²) >= 11 is 6.32. The van der Waals surface area contributed by atoms with Gasteiger partial charge in [0, 0.05) is 13.5 Å². The van der Waals surface area contributed by atoms with Crippen LogP contribution < -0.4 is 5.32 Å². The van der Waals surface area contributed by atoms with Gasteiger partial charge in [-0.15, -0.1) is 0 Å². The van der Waals surface area contributed by atoms with Crippen molar-refractivity contribution in [1.29, 1.82) is 0 Å². The van der Waals surface area contributed by atoms with Gasteiger partial charge in [0.1, 0.15) is 5.71 Å². The summed E-state index contributed by atoms with van der Waals surface area (Å²) in [5.74, 6) is -0.444. The maximum atomic E-state index is 11.5. The van der Waals surface area contributed by atoms with Gasteiger partial charge < -0.3 is 10.2 Å². The number of halogens is 2. The van der Waals surface area contributed by atoms with E-state index >= 15 is 0 Å². The van der Waals surface area contributed by atoms with Crippen LogP contribution in [0.5, 0.6) is 0 Å². The molecule has 2 aliphatic rings. The molecule has 0 atom stereocenters. The molecule has 0 radical (unpaired) electrons. The fourth-order valence-corrected chi connectivity index (χ4v) is 3.07. The second-order valence-corrected chi connectivity index (χ2v) is 5.36. The van der Waals surface area contributed by atoms with Gasteiger partial charge in [-0.1, -0.05) is 5.16 Å². The molecular formula is C10H8Br2N2O3. The molecule has 0 aromatic rings. The molecule has 0 aromatic carbocycles. The predicted octanol–water partition coefficient (Wildman–Crippen LogP) is 1.39. The zero-order chi connectivity index (χ0) is 12.6. The number of ketones is 1. The summed E-state index contributed by atoms with van der Waals surface area (Å²) in [6, 6.07) is 0. The Balaban J connectivity index is 2.26. The first-order chi connectivity index (χ1) is 7.97. The molecule has 17 heavy (non-hydrogen) atoms. The zero-order valence-corrected chi connectivity index (χ0v) is 12.0. The minimum atomic E-state index is -0.854. The number of hydrogen-bond acceptors (Lipinski definition) is 4. The van der Waals surface area contributed by atoms with Gasteiger partial charge in [0.2, 0.25) is 5.78 Å². The molecule has 1 amide bonds. The summed E-state index contributed by atoms with van der Waals surface area (Å²) in [6.07, 6.45) is 3.52. The van der Waals surface area contributed by atoms with E-state index in [9.17, 15) is 9.59 Å². The highest BCUT2D eigenvalue weighted by Crippen LogP contribution is 2.37. The van der Waals surface area contributed by atoms with Crippen molar-refractivity contribution in [3.8, 4) is 0 Å². The molecular weight excluding hydrogens is 356 g/mol. The highest BCUT2D eigenvalue weighted by Gasteiger charge is 2.41. The van der Waals surface area contributed by atoms with E-state index < -0.39 is 5.60 Å². The summed E-state index contributed by atoms with van der Waals surface area (Å²) in [5.41, 5.74) is -0.553. The number of rotatable bonds is 1. The summed E-state index contributed by atoms with van der Waals surface area (Å²) in [5, 5.41) is 6.22. The lowest BCUT2D eigenvalue weighted by molar-refractivity contribution is -0.114. The molecule has 5 nitrogen and oxygen atoms in total. The Hall–Kier alpha value is -0.950. The third-order valence-electron chi connectivity index (χ3n) is 2.43. The van der Waals surface area contributed by atoms with Crippen LogP contribution in [0.25, 0.3) is 0 Å². The van der Waals surface area contributed by atoms with E-state index in [4.69, 9.17) is 4.84 Å². The van der Waals surface area contributed by atoms with Crippen LogP contribution in [0.3, 0.4) is 0 Å². The first-order valence-electron chi connectivity index (χ1n) is 4.76. The number of oxime groups is 1. The number of allylic oxidation sites excluding steroid dienone is 2. The Morgan fingerprint density at radius 3 is 2.59 bits per heavy atom. The summed E-state index contributed by atoms with van der Waals surface area (Å²) in [7, 11) is 1.53. The monoisotopic (exact) mass is 362 g/mol. The maximum Gasteiger partial charge on any atom is 0.269 e. The quantitative estimate of drug-likeness (QED) is 0.765. The molecule has 0 saturated carbocycles. The number of nitrogens with zero attached hydrogens (tertiary/aromatic N) is 1. The number of Topliss-reactive ketones (excluding diaryl/α,β-unsaturated/α-hetero) is 1. The predicted molar refractivity (Wildman–Crippen MR) is 69.0 cm³/mol. The van der Waals surface area contributed by atoms with E-state index in [0.717, 1.165) is 0 Å². The van der Waals surface area contributed by atoms with Gasteiger partial charge in [0.25, 0.3) is 5.91 Å². The average Bonchev–Trinajstić information content (AvgIpc) is 2.69. The maximum absolute atomic E-state index is 11.5. The van der Waals surface area contributed by atoms with E-state index in [0.29, 0.717) is 21.1 Å². The van der Waals surface area contributed by atoms with Crippen LogP contribution >= 0.6 is 31.9 Å². The SMILES string of the molecule is CNC(=O)C1=NOC2(C=C(Br)C(=O)C(Br)=C2)C1. The van der Waals surface area contributed by atoms with Gasteiger partial charge in [0.15, 0.2) is 5.60 Å². The lowest BCUT2D eigenvalue weighted by Gasteiger charge is -2.22. The van der Waals surface area contributed by atoms with Gasteiger partial charge in [-0.2, -0.15) is 0 Å². The highest BCUT2D eigenvalue weighted by molar-refractivity contribution is 9.13. The Bertz CT molecular complexity index is 472. The van der Waals surface area contributed by atoms with Gasteiger partial charge in [-0.25, -0.2) is 0 Å². The van der Waals surface area contributed by atoms with Crippen molar-refractivity contribution in [1.82, 2.24) is 5.32 Å². The number of hydrogen-bond donors (Lipinski definition) is 1. The minimum Gasteiger partial charge on any atom is -0.380 e. The second-order valence-electron chi connectivity index (χ2n) is 3.65. The van der Waals surface area contributed by atoms with Crippen LogP contribution in [-0.2, 0) is 14.4 Å². The van der Waals surface area contributed by atoms with Crippen molar-refractivity contribution in [3.05, 3.63) is 21.1 Å². The molecule has 1 heterocycles. The lowest BCUT2D eigenvalue weighted by Crippen LogP contribution is -2.33. The fraction of sp³-hybridized carbons (Fsp3) is 0.300. The van der Waals surface area contributed by atoms with Crippen LogP contribution in [0.1, 0.15) is 6.42 Å². The minimum absolute atomic E-state index is 0.160. The number of nitrogens with one attached hydrogen (secondary N) is 1. The smallest absolute Gasteiger partial charge is 0.269 e. The molecule has 90 valence electrons. The van der Waals surface area contributed by atoms with Crippen molar-refractivity contribution < 1.29 is 14.4 Å². The molecule has 1 spiro atoms. The third-order valence-corrected chi connectivity index (χ3v) is 3.61. The fourth-order valence-electron chi connectivity index (χ4n) is 1.60. The molecule has 1 aliphatic heterocycles. The van der Waals surface area contributed by atoms with E-state index in [1.54, 1.807) is 12.2 Å². The molecule has 0 aromatic heterocycles. The number of carbonyl (C=O) groups is 2. The first-order valence-corrected chi connectivity index (χ1v) is 6.34. The molecule has 0 bridgehead atoms. The molecule has 0 saturated heterocycles. The van der Waals surface area contributed by atoms with Gasteiger partial charge in [-0.3, -0.25) is 9.59 Å². The highest BCUT2D eigenvalue weighted by atomic mass is 79.9. The van der Waals surface area contributed by atoms with Crippen molar-refractivity contribution in [3.63, 3.8) is 0 Å². The molecule has 0 unspecified atom stereocenters. The zero-order valence-electron chi connectivity index (χ0n) is 8.79. The topological polar surface area (TPSA) is 67.8 Å². The third kappa shape index (κ3) is 2.21. The van der Waals surface area contributed by atoms with E-state index in [2.05, 4.69) is 42.3 Å². The second kappa shape index (κ2) is 4.38. The largest absolute Gasteiger partial charge is 0.380 e. The summed E-state index contributed by atoms with van der Waals surface area (Å²) < 4.78 is 0.778. The molecule has 7 heteroatoms. The van der Waals surface area contributed by atoms with E-state index in [1.807, 2.05) is 0 Å². The Morgan fingerprint density at radius 2 is 2.06 bits per heavy atom. The van der Waals surface area contributed by atoms with Crippen LogP contribution in [0, 0.1) is 0 Å². The lowest BCUT2D eigenvalue weighted by atomic mass is 9.92. The van der Waals surface area contributed by atoms with Gasteiger partial charge in [-0.05, 0) is 44.0 Å². The Morgan fingerprint density at radius 1 is 1.47 bits per heavy atom. The normalized spacial score (nSPS) is 21.6. The standard InChI is InChI=1S/C10H8Br2N2O3/c1-13-9(16)7-4-10(17-14-7)2-5(11)8(15)6(12)3-10/h2-3H,4H2,1H3,(H,13,16). The molecule has 1 aliphatic carbocycles. The summed E-state index contributed by atoms with van der Waals surface area (Å²) in [6.45, 7) is 0. The molecule has 1 N–H and O–H groups in total. The first kappa shape index (κ1) is 12.5. The van der Waals surface area contributed by atoms with Crippen LogP contribution in [0.2, 0.25) is 0 Å². The van der Waals surface area contributed by atoms with Crippen LogP contribution in [0.4, 0.5) is 0 Å². The van der Waals surface area contributed by atoms with Crippen LogP contribution in [0.15, 0.2) is 26.3 Å². The summed E-state index contributed by atoms with van der Waals surface area (Å²) in [4.78, 5) is 28.2. The number of carbonyl (C=O) groups excluding carboxylic acids is 2. The van der Waals surface area contributed by atoms with Crippen molar-refractivity contribution in [2.24, 2.45) is 5.16 Å². The van der Waals surface area contributed by atoms with Gasteiger partial charge >= 0.3 is 0 Å². The molecule has 2 rings (SSSR count). The average molecular weight is 364 g/mol. The van der Waals surface area contributed by atoms with Gasteiger partial charge in [0.05, 0.1) is 8.96 Å². The van der Waals surface area contributed by atoms with Crippen molar-refractivity contribution in [2.45, 2.75) is 12.0 Å². The van der Waals surface area contributed by atoms with Crippen molar-refractivity contribution >= 4 is 49.3 Å². The molecule has 0 fully saturated rings. The van der Waals surface area contributed by atoms with Crippen LogP contribution in [-0.4, -0.2) is 30.1 Å².